The predicted molar refractivity (Wildman–Crippen MR) is 20.8 cm³/mol. The highest BCUT2D eigenvalue weighted by molar-refractivity contribution is 4.33. The van der Waals surface area contributed by atoms with Gasteiger partial charge in [-0.2, -0.15) is 14.0 Å². The molecule has 0 saturated heterocycles. The molecule has 0 unspecified atom stereocenters. The van der Waals surface area contributed by atoms with E-state index in [1.54, 1.807) is 13.8 Å². The van der Waals surface area contributed by atoms with Crippen molar-refractivity contribution < 1.29 is 28.5 Å². The second-order valence-corrected chi connectivity index (χ2v) is 3.02. The molecule has 0 radical (unpaired) electrons. The van der Waals surface area contributed by atoms with Gasteiger partial charge in [0.25, 0.3) is 0 Å². The molecule has 0 aromatic rings. The van der Waals surface area contributed by atoms with Crippen molar-refractivity contribution >= 4 is 0 Å². The Hall–Kier alpha value is 0.130. The Morgan fingerprint density at radius 2 is 1.78 bits per heavy atom. The van der Waals surface area contributed by atoms with Crippen molar-refractivity contribution in [2.24, 2.45) is 5.92 Å². The van der Waals surface area contributed by atoms with E-state index in [4.69, 9.17) is 0 Å². The van der Waals surface area contributed by atoms with E-state index in [2.05, 4.69) is 4.29 Å². The van der Waals surface area contributed by atoms with Crippen LogP contribution in [0.25, 0.3) is 0 Å². The minimum absolute atomic E-state index is 0.0482. The zero-order chi connectivity index (χ0) is 7.49. The van der Waals surface area contributed by atoms with Crippen molar-refractivity contribution in [3.8, 4) is 0 Å². The van der Waals surface area contributed by atoms with Gasteiger partial charge in [-0.1, -0.05) is 13.8 Å². The zero-order valence-corrected chi connectivity index (χ0v) is 6.05. The summed E-state index contributed by atoms with van der Waals surface area (Å²) in [5.74, 6) is 0.0567. The molecule has 0 bridgehead atoms. The van der Waals surface area contributed by atoms with Gasteiger partial charge < -0.3 is 0 Å². The molecular weight excluding hydrogens is 147 g/mol. The van der Waals surface area contributed by atoms with E-state index < -0.39 is 10.2 Å². The maximum atomic E-state index is 9.73. The zero-order valence-electron chi connectivity index (χ0n) is 5.30. The highest BCUT2D eigenvalue weighted by Crippen LogP contribution is 1.96. The number of rotatable bonds is 3. The highest BCUT2D eigenvalue weighted by Gasteiger charge is 2.17. The van der Waals surface area contributed by atoms with Crippen LogP contribution in [-0.4, -0.2) is 6.61 Å². The topological polar surface area (TPSA) is 78.4 Å². The lowest BCUT2D eigenvalue weighted by Crippen LogP contribution is -2.61. The fourth-order valence-corrected chi connectivity index (χ4v) is 0.609. The van der Waals surface area contributed by atoms with Crippen LogP contribution in [0.4, 0.5) is 0 Å². The average Bonchev–Trinajstić information content (AvgIpc) is 1.59. The lowest BCUT2D eigenvalue weighted by Gasteiger charge is -2.12. The van der Waals surface area contributed by atoms with Crippen molar-refractivity contribution in [1.29, 1.82) is 0 Å². The molecule has 4 nitrogen and oxygen atoms in total. The van der Waals surface area contributed by atoms with E-state index in [1.807, 2.05) is 0 Å². The second-order valence-electron chi connectivity index (χ2n) is 2.05. The quantitative estimate of drug-likeness (QED) is 0.455. The number of halogens is 1. The largest absolute Gasteiger partial charge is 0.206 e. The Bertz CT molecular complexity index is 77.1. The third-order valence-corrected chi connectivity index (χ3v) is 0.923. The molecule has 0 aliphatic rings. The summed E-state index contributed by atoms with van der Waals surface area (Å²) in [4.78, 5) is 0. The Morgan fingerprint density at radius 1 is 1.33 bits per heavy atom. The molecule has 0 amide bonds. The van der Waals surface area contributed by atoms with Crippen LogP contribution in [0.15, 0.2) is 0 Å². The molecule has 0 fully saturated rings. The predicted octanol–water partition coefficient (Wildman–Crippen LogP) is -2.44. The summed E-state index contributed by atoms with van der Waals surface area (Å²) in [6.07, 6.45) is 0. The summed E-state index contributed by atoms with van der Waals surface area (Å²) in [5.41, 5.74) is 0. The highest BCUT2D eigenvalue weighted by atomic mass is 35.7. The summed E-state index contributed by atoms with van der Waals surface area (Å²) in [5, 5.41) is 0. The van der Waals surface area contributed by atoms with Gasteiger partial charge in [0.1, 0.15) is 0 Å². The van der Waals surface area contributed by atoms with Gasteiger partial charge >= 0.3 is 0 Å². The molecule has 0 aromatic heterocycles. The molecule has 0 N–H and O–H groups in total. The fourth-order valence-electron chi connectivity index (χ4n) is 0.203. The van der Waals surface area contributed by atoms with Gasteiger partial charge in [-0.05, 0) is 5.92 Å². The van der Waals surface area contributed by atoms with Crippen LogP contribution in [0.5, 0.6) is 0 Å². The van der Waals surface area contributed by atoms with Crippen molar-refractivity contribution in [2.75, 3.05) is 6.61 Å². The summed E-state index contributed by atoms with van der Waals surface area (Å²) in [6.45, 7) is 3.45. The van der Waals surface area contributed by atoms with Crippen molar-refractivity contribution in [3.63, 3.8) is 0 Å². The van der Waals surface area contributed by atoms with Crippen LogP contribution in [-0.2, 0) is 4.29 Å². The van der Waals surface area contributed by atoms with E-state index in [0.29, 0.717) is 0 Å². The lowest BCUT2D eigenvalue weighted by molar-refractivity contribution is -1.92. The van der Waals surface area contributed by atoms with Crippen LogP contribution < -0.4 is 14.0 Å². The van der Waals surface area contributed by atoms with Gasteiger partial charge in [-0.3, -0.25) is 0 Å². The molecule has 0 atom stereocenters. The summed E-state index contributed by atoms with van der Waals surface area (Å²) in [6, 6.07) is 0. The Labute approximate surface area is 55.8 Å². The van der Waals surface area contributed by atoms with Crippen molar-refractivity contribution in [3.05, 3.63) is 0 Å². The van der Waals surface area contributed by atoms with Gasteiger partial charge in [-0.15, -0.1) is 0 Å². The normalized spacial score (nSPS) is 12.7. The van der Waals surface area contributed by atoms with E-state index >= 15 is 0 Å². The average molecular weight is 157 g/mol. The molecule has 0 aromatic carbocycles. The Balaban J connectivity index is 3.28. The maximum absolute atomic E-state index is 9.73. The Morgan fingerprint density at radius 3 is 1.89 bits per heavy atom. The molecule has 0 rings (SSSR count). The maximum Gasteiger partial charge on any atom is 0.206 e. The third kappa shape index (κ3) is 8.13. The van der Waals surface area contributed by atoms with E-state index in [0.717, 1.165) is 0 Å². The van der Waals surface area contributed by atoms with Gasteiger partial charge in [0.15, 0.2) is 0 Å². The summed E-state index contributed by atoms with van der Waals surface area (Å²) in [7, 11) is -4.22. The first-order chi connectivity index (χ1) is 3.92. The number of hydrogen-bond donors (Lipinski definition) is 0. The van der Waals surface area contributed by atoms with E-state index in [9.17, 15) is 14.0 Å². The first-order valence-corrected chi connectivity index (χ1v) is 3.70. The second kappa shape index (κ2) is 3.34. The monoisotopic (exact) mass is 156 g/mol. The van der Waals surface area contributed by atoms with E-state index in [1.165, 1.54) is 0 Å². The van der Waals surface area contributed by atoms with Crippen LogP contribution in [0.1, 0.15) is 13.8 Å². The minimum atomic E-state index is -4.22. The van der Waals surface area contributed by atoms with Gasteiger partial charge in [-0.25, -0.2) is 0 Å². The first-order valence-electron chi connectivity index (χ1n) is 2.47. The van der Waals surface area contributed by atoms with Crippen LogP contribution in [0.2, 0.25) is 0 Å². The lowest BCUT2D eigenvalue weighted by atomic mass is 10.2. The fraction of sp³-hybridized carbons (Fsp3) is 1.00. The van der Waals surface area contributed by atoms with Crippen LogP contribution in [0.3, 0.4) is 0 Å². The molecule has 56 valence electrons. The molecule has 0 spiro atoms. The number of hydrogen-bond acceptors (Lipinski definition) is 4. The SMILES string of the molecule is CC(C)CO[Cl+3]([O-])([O-])[O-]. The van der Waals surface area contributed by atoms with Gasteiger partial charge in [0, 0.05) is 0 Å². The standard InChI is InChI=1S/C4H9ClO4/c1-4(2)3-9-5(6,7)8/h4H,3H2,1-2H3. The van der Waals surface area contributed by atoms with Crippen LogP contribution in [0, 0.1) is 16.2 Å². The smallest absolute Gasteiger partial charge is 0.183 e. The molecule has 0 aliphatic carbocycles. The summed E-state index contributed by atoms with van der Waals surface area (Å²) >= 11 is 0. The minimum Gasteiger partial charge on any atom is -0.183 e. The van der Waals surface area contributed by atoms with Gasteiger partial charge in [0.05, 0.1) is 14.5 Å². The molecular formula is C4H9ClO4. The molecule has 5 heteroatoms. The van der Waals surface area contributed by atoms with Gasteiger partial charge in [0.2, 0.25) is 6.61 Å². The Kier molecular flexibility index (Phi) is 3.38. The first kappa shape index (κ1) is 9.13. The van der Waals surface area contributed by atoms with E-state index in [-0.39, 0.29) is 12.5 Å². The molecule has 0 saturated carbocycles. The van der Waals surface area contributed by atoms with Crippen molar-refractivity contribution in [2.45, 2.75) is 13.8 Å². The molecule has 0 heterocycles. The molecule has 0 aliphatic heterocycles. The summed E-state index contributed by atoms with van der Waals surface area (Å²) < 4.78 is 33.1. The molecule has 9 heavy (non-hydrogen) atoms. The van der Waals surface area contributed by atoms with Crippen LogP contribution >= 0.6 is 0 Å². The third-order valence-electron chi connectivity index (χ3n) is 0.530. The van der Waals surface area contributed by atoms with Crippen molar-refractivity contribution in [1.82, 2.24) is 0 Å².